The normalized spacial score (nSPS) is 12.4. The van der Waals surface area contributed by atoms with Crippen LogP contribution in [0.25, 0.3) is 16.5 Å². The van der Waals surface area contributed by atoms with E-state index in [0.717, 1.165) is 37.6 Å². The number of hydrogen-bond donors (Lipinski definition) is 5. The van der Waals surface area contributed by atoms with E-state index in [1.807, 2.05) is 44.3 Å². The van der Waals surface area contributed by atoms with Crippen LogP contribution in [-0.2, 0) is 11.2 Å². The Balaban J connectivity index is 0.00000149. The van der Waals surface area contributed by atoms with E-state index in [1.165, 1.54) is 11.3 Å². The Morgan fingerprint density at radius 2 is 2.12 bits per heavy atom. The molecule has 1 atom stereocenters. The highest BCUT2D eigenvalue weighted by Crippen LogP contribution is 2.34. The van der Waals surface area contributed by atoms with E-state index >= 15 is 0 Å². The molecule has 0 bridgehead atoms. The minimum atomic E-state index is -0.431. The van der Waals surface area contributed by atoms with Gasteiger partial charge in [0.25, 0.3) is 0 Å². The summed E-state index contributed by atoms with van der Waals surface area (Å²) in [7, 11) is 1.80. The Kier molecular flexibility index (Phi) is 8.44. The Morgan fingerprint density at radius 1 is 1.27 bits per heavy atom. The van der Waals surface area contributed by atoms with Crippen molar-refractivity contribution in [1.82, 2.24) is 30.8 Å². The van der Waals surface area contributed by atoms with Gasteiger partial charge in [-0.3, -0.25) is 15.0 Å². The molecule has 0 aliphatic carbocycles. The van der Waals surface area contributed by atoms with E-state index in [1.54, 1.807) is 19.5 Å². The van der Waals surface area contributed by atoms with Crippen molar-refractivity contribution in [3.63, 3.8) is 0 Å². The van der Waals surface area contributed by atoms with Crippen molar-refractivity contribution in [2.75, 3.05) is 12.4 Å². The highest BCUT2D eigenvalue weighted by Gasteiger charge is 2.20. The third kappa shape index (κ3) is 5.51. The third-order valence-electron chi connectivity index (χ3n) is 4.71. The zero-order valence-corrected chi connectivity index (χ0v) is 19.5. The van der Waals surface area contributed by atoms with Crippen molar-refractivity contribution >= 4 is 46.3 Å². The standard InChI is InChI=1S/C20H21N9OS.C2H6/c1-22-19-18(31-20(27-19)17(21)16-7-8-23-29-16)13(9-24-26-11-30)6-5-12-3-2-4-15-14(12)10-25-28-15;1-2/h2-4,6-11,17,22H,5,21H2,1H3,(H,23,29)(H,25,28)(H,26,30);1-2H3/b13-6+,24-9-;. The van der Waals surface area contributed by atoms with Gasteiger partial charge in [-0.2, -0.15) is 15.3 Å². The van der Waals surface area contributed by atoms with Gasteiger partial charge in [-0.15, -0.1) is 11.3 Å². The van der Waals surface area contributed by atoms with Crippen LogP contribution in [0.15, 0.2) is 47.8 Å². The summed E-state index contributed by atoms with van der Waals surface area (Å²) in [5, 5.41) is 22.8. The molecule has 0 saturated carbocycles. The molecular weight excluding hydrogens is 438 g/mol. The molecule has 10 nitrogen and oxygen atoms in total. The molecule has 1 unspecified atom stereocenters. The first-order valence-electron chi connectivity index (χ1n) is 10.5. The number of benzene rings is 1. The number of aromatic nitrogens is 5. The van der Waals surface area contributed by atoms with Crippen molar-refractivity contribution in [1.29, 1.82) is 0 Å². The number of fused-ring (bicyclic) bond motifs is 1. The molecule has 0 radical (unpaired) electrons. The third-order valence-corrected chi connectivity index (χ3v) is 5.90. The van der Waals surface area contributed by atoms with Gasteiger partial charge in [0.15, 0.2) is 0 Å². The summed E-state index contributed by atoms with van der Waals surface area (Å²) >= 11 is 1.46. The molecule has 0 fully saturated rings. The number of thiazole rings is 1. The van der Waals surface area contributed by atoms with Crippen LogP contribution in [-0.4, -0.2) is 45.1 Å². The van der Waals surface area contributed by atoms with Crippen LogP contribution in [0.3, 0.4) is 0 Å². The molecular formula is C22H27N9OS. The fourth-order valence-corrected chi connectivity index (χ4v) is 4.27. The number of allylic oxidation sites excluding steroid dienone is 2. The van der Waals surface area contributed by atoms with Gasteiger partial charge in [0.2, 0.25) is 6.41 Å². The van der Waals surface area contributed by atoms with Crippen molar-refractivity contribution in [3.8, 4) is 0 Å². The van der Waals surface area contributed by atoms with E-state index < -0.39 is 6.04 Å². The highest BCUT2D eigenvalue weighted by atomic mass is 32.1. The summed E-state index contributed by atoms with van der Waals surface area (Å²) in [6.45, 7) is 4.00. The summed E-state index contributed by atoms with van der Waals surface area (Å²) in [4.78, 5) is 16.2. The van der Waals surface area contributed by atoms with Gasteiger partial charge in [-0.05, 0) is 24.1 Å². The number of hydrazone groups is 1. The first-order valence-corrected chi connectivity index (χ1v) is 11.3. The molecule has 11 heteroatoms. The zero-order chi connectivity index (χ0) is 23.6. The molecule has 3 aromatic heterocycles. The maximum Gasteiger partial charge on any atom is 0.227 e. The first kappa shape index (κ1) is 23.8. The van der Waals surface area contributed by atoms with Crippen LogP contribution < -0.4 is 16.5 Å². The molecule has 0 spiro atoms. The van der Waals surface area contributed by atoms with Gasteiger partial charge in [0.1, 0.15) is 10.8 Å². The molecule has 0 aliphatic rings. The van der Waals surface area contributed by atoms with Crippen molar-refractivity contribution in [3.05, 3.63) is 63.9 Å². The minimum absolute atomic E-state index is 0.431. The van der Waals surface area contributed by atoms with Gasteiger partial charge in [-0.25, -0.2) is 10.4 Å². The fourth-order valence-electron chi connectivity index (χ4n) is 3.18. The number of rotatable bonds is 9. The molecule has 4 aromatic rings. The van der Waals surface area contributed by atoms with Crippen LogP contribution in [0.1, 0.15) is 41.0 Å². The van der Waals surface area contributed by atoms with E-state index in [4.69, 9.17) is 5.73 Å². The zero-order valence-electron chi connectivity index (χ0n) is 18.7. The Labute approximate surface area is 195 Å². The maximum absolute atomic E-state index is 10.7. The maximum atomic E-state index is 10.7. The van der Waals surface area contributed by atoms with Crippen molar-refractivity contribution in [2.45, 2.75) is 26.3 Å². The molecule has 6 N–H and O–H groups in total. The molecule has 172 valence electrons. The monoisotopic (exact) mass is 465 g/mol. The van der Waals surface area contributed by atoms with Crippen LogP contribution in [0.2, 0.25) is 0 Å². The Morgan fingerprint density at radius 3 is 2.85 bits per heavy atom. The number of hydrogen-bond acceptors (Lipinski definition) is 8. The van der Waals surface area contributed by atoms with Gasteiger partial charge in [-0.1, -0.05) is 32.1 Å². The number of aromatic amines is 2. The average molecular weight is 466 g/mol. The number of amides is 1. The summed E-state index contributed by atoms with van der Waals surface area (Å²) < 4.78 is 0. The quantitative estimate of drug-likeness (QED) is 0.145. The molecule has 33 heavy (non-hydrogen) atoms. The predicted octanol–water partition coefficient (Wildman–Crippen LogP) is 3.22. The molecule has 3 heterocycles. The number of carbonyl (C=O) groups excluding carboxylic acids is 1. The number of H-pyrrole nitrogens is 2. The topological polar surface area (TPSA) is 150 Å². The van der Waals surface area contributed by atoms with Crippen LogP contribution >= 0.6 is 11.3 Å². The molecule has 0 saturated heterocycles. The second-order valence-corrected chi connectivity index (χ2v) is 7.62. The van der Waals surface area contributed by atoms with Crippen LogP contribution in [0.5, 0.6) is 0 Å². The second kappa shape index (κ2) is 11.7. The molecule has 4 rings (SSSR count). The lowest BCUT2D eigenvalue weighted by molar-refractivity contribution is -0.109. The second-order valence-electron chi connectivity index (χ2n) is 6.59. The Hall–Kier alpha value is -3.83. The summed E-state index contributed by atoms with van der Waals surface area (Å²) in [6.07, 6.45) is 8.27. The predicted molar refractivity (Wildman–Crippen MR) is 133 cm³/mol. The van der Waals surface area contributed by atoms with Crippen LogP contribution in [0, 0.1) is 0 Å². The van der Waals surface area contributed by atoms with Gasteiger partial charge in [0.05, 0.1) is 34.5 Å². The number of carbonyl (C=O) groups is 1. The summed E-state index contributed by atoms with van der Waals surface area (Å²) in [5.41, 5.74) is 12.4. The average Bonchev–Trinajstić information content (AvgIpc) is 3.62. The highest BCUT2D eigenvalue weighted by molar-refractivity contribution is 7.13. The van der Waals surface area contributed by atoms with Gasteiger partial charge in [0, 0.05) is 24.2 Å². The van der Waals surface area contributed by atoms with Gasteiger partial charge >= 0.3 is 0 Å². The number of anilines is 1. The number of nitrogens with one attached hydrogen (secondary N) is 4. The SMILES string of the molecule is CC.CNc1nc(C(N)c2ccn[nH]2)sc1C(/C=N\NC=O)=C/Cc1cccc2[nH]ncc12. The Bertz CT molecular complexity index is 1220. The van der Waals surface area contributed by atoms with E-state index in [2.05, 4.69) is 47.3 Å². The van der Waals surface area contributed by atoms with E-state index in [9.17, 15) is 4.79 Å². The number of nitrogens with zero attached hydrogens (tertiary/aromatic N) is 4. The molecule has 1 amide bonds. The first-order chi connectivity index (χ1) is 16.2. The molecule has 0 aliphatic heterocycles. The lowest BCUT2D eigenvalue weighted by atomic mass is 10.1. The summed E-state index contributed by atoms with van der Waals surface area (Å²) in [5.74, 6) is 0.681. The largest absolute Gasteiger partial charge is 0.372 e. The molecule has 1 aromatic carbocycles. The summed E-state index contributed by atoms with van der Waals surface area (Å²) in [6, 6.07) is 7.41. The smallest absolute Gasteiger partial charge is 0.227 e. The number of nitrogens with two attached hydrogens (primary N) is 1. The van der Waals surface area contributed by atoms with Crippen molar-refractivity contribution in [2.24, 2.45) is 10.8 Å². The lowest BCUT2D eigenvalue weighted by Gasteiger charge is -2.04. The van der Waals surface area contributed by atoms with E-state index in [-0.39, 0.29) is 0 Å². The fraction of sp³-hybridized carbons (Fsp3) is 0.227. The van der Waals surface area contributed by atoms with Crippen molar-refractivity contribution < 1.29 is 4.79 Å². The van der Waals surface area contributed by atoms with Gasteiger partial charge < -0.3 is 11.1 Å². The minimum Gasteiger partial charge on any atom is -0.372 e. The van der Waals surface area contributed by atoms with Crippen LogP contribution in [0.4, 0.5) is 5.82 Å². The lowest BCUT2D eigenvalue weighted by Crippen LogP contribution is -2.12. The van der Waals surface area contributed by atoms with E-state index in [0.29, 0.717) is 18.6 Å².